The Morgan fingerprint density at radius 1 is 1.21 bits per heavy atom. The largest absolute Gasteiger partial charge is 0.490 e. The maximum absolute atomic E-state index is 15.4. The molecule has 1 aliphatic rings. The zero-order valence-electron chi connectivity index (χ0n) is 21.8. The molecule has 1 aliphatic heterocycles. The fourth-order valence-electron chi connectivity index (χ4n) is 4.68. The number of hydrogen-bond acceptors (Lipinski definition) is 7. The van der Waals surface area contributed by atoms with Crippen molar-refractivity contribution in [2.24, 2.45) is 7.05 Å². The molecule has 2 N–H and O–H groups in total. The zero-order valence-corrected chi connectivity index (χ0v) is 21.8. The first-order valence-corrected chi connectivity index (χ1v) is 12.2. The molecule has 3 aromatic rings. The molecule has 0 saturated carbocycles. The van der Waals surface area contributed by atoms with E-state index in [2.05, 4.69) is 10.4 Å². The molecule has 1 saturated heterocycles. The summed E-state index contributed by atoms with van der Waals surface area (Å²) in [6.07, 6.45) is 2.69. The fourth-order valence-corrected chi connectivity index (χ4v) is 4.68. The molecule has 38 heavy (non-hydrogen) atoms. The number of aromatic nitrogens is 3. The third-order valence-electron chi connectivity index (χ3n) is 6.95. The van der Waals surface area contributed by atoms with E-state index in [9.17, 15) is 23.5 Å². The average molecular weight is 537 g/mol. The van der Waals surface area contributed by atoms with Crippen LogP contribution in [0.25, 0.3) is 10.8 Å². The van der Waals surface area contributed by atoms with Crippen molar-refractivity contribution < 1.29 is 27.8 Å². The minimum atomic E-state index is -3.86. The number of fused-ring (bicyclic) bond motifs is 1. The lowest BCUT2D eigenvalue weighted by molar-refractivity contribution is -0.170. The highest BCUT2D eigenvalue weighted by molar-refractivity contribution is 5.94. The average Bonchev–Trinajstić information content (AvgIpc) is 2.86. The lowest BCUT2D eigenvalue weighted by Crippen LogP contribution is -2.41. The number of alkyl halides is 2. The third-order valence-corrected chi connectivity index (χ3v) is 6.95. The Morgan fingerprint density at radius 3 is 2.47 bits per heavy atom. The highest BCUT2D eigenvalue weighted by atomic mass is 19.3. The molecule has 1 fully saturated rings. The quantitative estimate of drug-likeness (QED) is 0.475. The van der Waals surface area contributed by atoms with Gasteiger partial charge in [-0.2, -0.15) is 13.9 Å². The third kappa shape index (κ3) is 4.66. The second-order valence-electron chi connectivity index (χ2n) is 9.99. The maximum atomic E-state index is 15.4. The number of aryl methyl sites for hydroxylation is 1. The monoisotopic (exact) mass is 536 g/mol. The highest BCUT2D eigenvalue weighted by Gasteiger charge is 2.49. The number of aliphatic hydroxyl groups is 1. The van der Waals surface area contributed by atoms with Crippen LogP contribution in [0.5, 0.6) is 5.75 Å². The molecule has 1 atom stereocenters. The fraction of sp³-hybridized carbons (Fsp3) is 0.500. The van der Waals surface area contributed by atoms with E-state index in [1.807, 2.05) is 0 Å². The van der Waals surface area contributed by atoms with Crippen molar-refractivity contribution in [2.45, 2.75) is 57.2 Å². The van der Waals surface area contributed by atoms with Gasteiger partial charge in [-0.25, -0.2) is 9.07 Å². The molecular weight excluding hydrogens is 505 g/mol. The van der Waals surface area contributed by atoms with E-state index >= 15 is 4.39 Å². The van der Waals surface area contributed by atoms with Gasteiger partial charge < -0.3 is 24.5 Å². The number of pyridine rings is 1. The van der Waals surface area contributed by atoms with E-state index in [1.54, 1.807) is 6.92 Å². The van der Waals surface area contributed by atoms with Crippen LogP contribution in [0.2, 0.25) is 0 Å². The molecule has 4 rings (SSSR count). The van der Waals surface area contributed by atoms with Crippen LogP contribution in [-0.2, 0) is 17.7 Å². The van der Waals surface area contributed by atoms with Gasteiger partial charge in [0.1, 0.15) is 16.8 Å². The normalized spacial score (nSPS) is 16.0. The van der Waals surface area contributed by atoms with Crippen LogP contribution in [-0.4, -0.2) is 45.4 Å². The van der Waals surface area contributed by atoms with E-state index in [-0.39, 0.29) is 33.9 Å². The van der Waals surface area contributed by atoms with Crippen LogP contribution < -0.4 is 21.2 Å². The second-order valence-corrected chi connectivity index (χ2v) is 9.99. The van der Waals surface area contributed by atoms with Crippen molar-refractivity contribution in [3.8, 4) is 5.75 Å². The summed E-state index contributed by atoms with van der Waals surface area (Å²) in [6, 6.07) is 2.47. The first-order valence-electron chi connectivity index (χ1n) is 12.2. The first kappa shape index (κ1) is 27.6. The maximum Gasteiger partial charge on any atom is 0.303 e. The van der Waals surface area contributed by atoms with Gasteiger partial charge in [0.2, 0.25) is 0 Å². The van der Waals surface area contributed by atoms with Crippen molar-refractivity contribution in [2.75, 3.05) is 25.6 Å². The number of rotatable bonds is 7. The molecule has 1 aromatic carbocycles. The molecule has 1 unspecified atom stereocenters. The van der Waals surface area contributed by atoms with Crippen LogP contribution in [0.4, 0.5) is 19.0 Å². The Hall–Kier alpha value is -3.38. The van der Waals surface area contributed by atoms with Gasteiger partial charge in [-0.3, -0.25) is 9.59 Å². The van der Waals surface area contributed by atoms with Crippen molar-refractivity contribution in [3.63, 3.8) is 0 Å². The van der Waals surface area contributed by atoms with Crippen LogP contribution in [0.1, 0.15) is 56.8 Å². The predicted molar refractivity (Wildman–Crippen MR) is 136 cm³/mol. The topological polar surface area (TPSA) is 108 Å². The smallest absolute Gasteiger partial charge is 0.303 e. The van der Waals surface area contributed by atoms with Gasteiger partial charge in [-0.1, -0.05) is 12.1 Å². The number of benzene rings is 1. The second kappa shape index (κ2) is 10.1. The van der Waals surface area contributed by atoms with Crippen LogP contribution >= 0.6 is 0 Å². The summed E-state index contributed by atoms with van der Waals surface area (Å²) < 4.78 is 58.3. The molecular formula is C26H31F3N4O5. The Morgan fingerprint density at radius 2 is 1.87 bits per heavy atom. The van der Waals surface area contributed by atoms with Crippen LogP contribution in [0.15, 0.2) is 34.0 Å². The number of halogens is 3. The van der Waals surface area contributed by atoms with E-state index in [4.69, 9.17) is 9.47 Å². The standard InChI is InChI=1S/C26H31F3N4O5/c1-14(16-7-6-8-18(20(16)27)26(28,29)25(2,3)36)30-22-17-13-33(15-9-11-38-12-10-15)24(35)21(37-5)19(17)23(34)32(4)31-22/h6-8,13-15,36H,9-12H2,1-5H3,(H,30,31). The number of nitrogens with one attached hydrogen (secondary N) is 1. The summed E-state index contributed by atoms with van der Waals surface area (Å²) in [5.41, 5.74) is -4.57. The van der Waals surface area contributed by atoms with Gasteiger partial charge in [0, 0.05) is 38.1 Å². The molecule has 0 radical (unpaired) electrons. The summed E-state index contributed by atoms with van der Waals surface area (Å²) in [7, 11) is 2.69. The molecule has 0 bridgehead atoms. The number of ether oxygens (including phenoxy) is 2. The van der Waals surface area contributed by atoms with Gasteiger partial charge in [-0.15, -0.1) is 0 Å². The van der Waals surface area contributed by atoms with Crippen LogP contribution in [0, 0.1) is 5.82 Å². The van der Waals surface area contributed by atoms with Gasteiger partial charge in [-0.05, 0) is 39.7 Å². The highest BCUT2D eigenvalue weighted by Crippen LogP contribution is 2.41. The molecule has 0 spiro atoms. The minimum Gasteiger partial charge on any atom is -0.490 e. The summed E-state index contributed by atoms with van der Waals surface area (Å²) in [5, 5.41) is 17.5. The molecule has 9 nitrogen and oxygen atoms in total. The van der Waals surface area contributed by atoms with E-state index in [0.29, 0.717) is 26.1 Å². The molecule has 0 aliphatic carbocycles. The van der Waals surface area contributed by atoms with E-state index in [1.165, 1.54) is 37.1 Å². The Balaban J connectivity index is 1.85. The van der Waals surface area contributed by atoms with Gasteiger partial charge in [0.05, 0.1) is 24.1 Å². The zero-order chi connectivity index (χ0) is 28.0. The summed E-state index contributed by atoms with van der Waals surface area (Å²) in [5.74, 6) is -5.05. The number of anilines is 1. The van der Waals surface area contributed by atoms with Gasteiger partial charge in [0.25, 0.3) is 11.1 Å². The van der Waals surface area contributed by atoms with Crippen molar-refractivity contribution >= 4 is 16.6 Å². The molecule has 2 aromatic heterocycles. The lowest BCUT2D eigenvalue weighted by atomic mass is 9.91. The summed E-state index contributed by atoms with van der Waals surface area (Å²) in [4.78, 5) is 26.3. The van der Waals surface area contributed by atoms with Crippen molar-refractivity contribution in [1.82, 2.24) is 14.3 Å². The number of hydrogen-bond donors (Lipinski definition) is 2. The summed E-state index contributed by atoms with van der Waals surface area (Å²) in [6.45, 7) is 4.31. The number of methoxy groups -OCH3 is 1. The molecule has 12 heteroatoms. The number of nitrogens with zero attached hydrogens (tertiary/aromatic N) is 3. The predicted octanol–water partition coefficient (Wildman–Crippen LogP) is 3.63. The Labute approximate surface area is 216 Å². The molecule has 206 valence electrons. The Kier molecular flexibility index (Phi) is 7.32. The van der Waals surface area contributed by atoms with Crippen molar-refractivity contribution in [3.05, 3.63) is 62.0 Å². The van der Waals surface area contributed by atoms with Crippen molar-refractivity contribution in [1.29, 1.82) is 0 Å². The van der Waals surface area contributed by atoms with Gasteiger partial charge >= 0.3 is 5.92 Å². The summed E-state index contributed by atoms with van der Waals surface area (Å²) >= 11 is 0. The van der Waals surface area contributed by atoms with E-state index in [0.717, 1.165) is 24.6 Å². The SMILES string of the molecule is COc1c(=O)n(C2CCOCC2)cc2c(NC(C)c3cccc(C(F)(F)C(C)(C)O)c3F)nn(C)c(=O)c12. The molecule has 0 amide bonds. The molecule has 3 heterocycles. The Bertz CT molecular complexity index is 1470. The lowest BCUT2D eigenvalue weighted by Gasteiger charge is -2.30. The van der Waals surface area contributed by atoms with Crippen LogP contribution in [0.3, 0.4) is 0 Å². The van der Waals surface area contributed by atoms with Gasteiger partial charge in [0.15, 0.2) is 11.6 Å². The van der Waals surface area contributed by atoms with E-state index < -0.39 is 40.1 Å². The first-order chi connectivity index (χ1) is 17.8. The minimum absolute atomic E-state index is 0.00389.